The fraction of sp³-hybridized carbons (Fsp3) is 0.240. The van der Waals surface area contributed by atoms with Gasteiger partial charge in [0.25, 0.3) is 5.56 Å². The maximum atomic E-state index is 13.4. The van der Waals surface area contributed by atoms with Gasteiger partial charge in [0, 0.05) is 23.5 Å². The van der Waals surface area contributed by atoms with Crippen LogP contribution in [-0.4, -0.2) is 21.5 Å². The Morgan fingerprint density at radius 1 is 1.16 bits per heavy atom. The van der Waals surface area contributed by atoms with Crippen molar-refractivity contribution >= 4 is 34.1 Å². The molecule has 0 amide bonds. The Bertz CT molecular complexity index is 1340. The predicted octanol–water partition coefficient (Wildman–Crippen LogP) is 5.20. The molecule has 156 valence electrons. The van der Waals surface area contributed by atoms with Gasteiger partial charge < -0.3 is 10.1 Å². The van der Waals surface area contributed by atoms with Crippen molar-refractivity contribution in [3.05, 3.63) is 76.9 Å². The smallest absolute Gasteiger partial charge is 0.267 e. The molecule has 1 aliphatic carbocycles. The Morgan fingerprint density at radius 2 is 2.03 bits per heavy atom. The Labute approximate surface area is 180 Å². The fourth-order valence-electron chi connectivity index (χ4n) is 4.23. The van der Waals surface area contributed by atoms with E-state index in [0.29, 0.717) is 28.7 Å². The molecule has 0 spiro atoms. The topological polar surface area (TPSA) is 68.5 Å². The van der Waals surface area contributed by atoms with Gasteiger partial charge in [-0.1, -0.05) is 25.0 Å². The van der Waals surface area contributed by atoms with E-state index in [-0.39, 0.29) is 5.56 Å². The van der Waals surface area contributed by atoms with E-state index in [2.05, 4.69) is 16.4 Å². The average Bonchev–Trinajstić information content (AvgIpc) is 3.32. The molecule has 1 saturated carbocycles. The van der Waals surface area contributed by atoms with E-state index < -0.39 is 0 Å². The zero-order valence-corrected chi connectivity index (χ0v) is 17.4. The van der Waals surface area contributed by atoms with E-state index in [4.69, 9.17) is 9.72 Å². The molecule has 0 atom stereocenters. The standard InChI is InChI=1S/C25H24N4O2/c1-31-22-9-5-15-29-24(22)28-23(20(25(29)30)12-10-17-6-2-3-7-17)27-19-11-13-21-18(16-19)8-4-14-26-21/h4-5,8-17,27H,2-3,6-7H2,1H3. The summed E-state index contributed by atoms with van der Waals surface area (Å²) < 4.78 is 6.99. The number of rotatable bonds is 5. The molecule has 6 heteroatoms. The Balaban J connectivity index is 1.64. The van der Waals surface area contributed by atoms with Gasteiger partial charge >= 0.3 is 0 Å². The van der Waals surface area contributed by atoms with Crippen LogP contribution < -0.4 is 15.6 Å². The van der Waals surface area contributed by atoms with E-state index in [1.54, 1.807) is 36.0 Å². The van der Waals surface area contributed by atoms with Crippen LogP contribution in [0, 0.1) is 5.92 Å². The van der Waals surface area contributed by atoms with E-state index in [1.165, 1.54) is 25.7 Å². The maximum absolute atomic E-state index is 13.4. The van der Waals surface area contributed by atoms with Crippen LogP contribution in [0.5, 0.6) is 5.75 Å². The molecule has 31 heavy (non-hydrogen) atoms. The zero-order chi connectivity index (χ0) is 21.2. The third-order valence-corrected chi connectivity index (χ3v) is 5.87. The molecule has 1 N–H and O–H groups in total. The van der Waals surface area contributed by atoms with Crippen molar-refractivity contribution in [2.75, 3.05) is 12.4 Å². The second kappa shape index (κ2) is 8.22. The minimum Gasteiger partial charge on any atom is -0.493 e. The van der Waals surface area contributed by atoms with Gasteiger partial charge in [-0.25, -0.2) is 4.98 Å². The van der Waals surface area contributed by atoms with Crippen molar-refractivity contribution in [3.63, 3.8) is 0 Å². The molecule has 1 aliphatic rings. The number of methoxy groups -OCH3 is 1. The maximum Gasteiger partial charge on any atom is 0.267 e. The van der Waals surface area contributed by atoms with Crippen LogP contribution in [0.2, 0.25) is 0 Å². The highest BCUT2D eigenvalue weighted by atomic mass is 16.5. The van der Waals surface area contributed by atoms with E-state index in [1.807, 2.05) is 36.4 Å². The molecular formula is C25H24N4O2. The van der Waals surface area contributed by atoms with E-state index >= 15 is 0 Å². The third-order valence-electron chi connectivity index (χ3n) is 5.87. The summed E-state index contributed by atoms with van der Waals surface area (Å²) in [6.07, 6.45) is 12.4. The molecule has 1 aromatic carbocycles. The first-order valence-corrected chi connectivity index (χ1v) is 10.6. The molecule has 5 rings (SSSR count). The second-order valence-corrected chi connectivity index (χ2v) is 7.89. The van der Waals surface area contributed by atoms with Gasteiger partial charge in [0.15, 0.2) is 11.4 Å². The van der Waals surface area contributed by atoms with Crippen LogP contribution in [0.4, 0.5) is 11.5 Å². The van der Waals surface area contributed by atoms with Crippen LogP contribution in [0.1, 0.15) is 31.2 Å². The number of fused-ring (bicyclic) bond motifs is 2. The molecule has 6 nitrogen and oxygen atoms in total. The molecule has 3 heterocycles. The summed E-state index contributed by atoms with van der Waals surface area (Å²) in [6, 6.07) is 13.4. The summed E-state index contributed by atoms with van der Waals surface area (Å²) in [5, 5.41) is 4.38. The first-order chi connectivity index (χ1) is 15.2. The Morgan fingerprint density at radius 3 is 2.87 bits per heavy atom. The number of anilines is 2. The summed E-state index contributed by atoms with van der Waals surface area (Å²) in [7, 11) is 1.58. The predicted molar refractivity (Wildman–Crippen MR) is 124 cm³/mol. The second-order valence-electron chi connectivity index (χ2n) is 7.89. The number of hydrogen-bond donors (Lipinski definition) is 1. The first kappa shape index (κ1) is 19.3. The van der Waals surface area contributed by atoms with Crippen molar-refractivity contribution in [1.82, 2.24) is 14.4 Å². The summed E-state index contributed by atoms with van der Waals surface area (Å²) >= 11 is 0. The fourth-order valence-corrected chi connectivity index (χ4v) is 4.23. The van der Waals surface area contributed by atoms with Crippen LogP contribution in [0.3, 0.4) is 0 Å². The number of nitrogens with zero attached hydrogens (tertiary/aromatic N) is 3. The Hall–Kier alpha value is -3.67. The SMILES string of the molecule is COc1cccn2c(=O)c(C=CC3CCCC3)c(Nc3ccc4ncccc4c3)nc12. The lowest BCUT2D eigenvalue weighted by atomic mass is 10.1. The van der Waals surface area contributed by atoms with Crippen LogP contribution in [0.15, 0.2) is 65.7 Å². The van der Waals surface area contributed by atoms with Crippen molar-refractivity contribution < 1.29 is 4.74 Å². The molecule has 1 fully saturated rings. The number of ether oxygens (including phenoxy) is 1. The molecule has 0 unspecified atom stereocenters. The normalized spacial score (nSPS) is 14.6. The van der Waals surface area contributed by atoms with Crippen molar-refractivity contribution in [2.45, 2.75) is 25.7 Å². The number of benzene rings is 1. The lowest BCUT2D eigenvalue weighted by Crippen LogP contribution is -2.20. The summed E-state index contributed by atoms with van der Waals surface area (Å²) in [4.78, 5) is 22.6. The number of pyridine rings is 2. The summed E-state index contributed by atoms with van der Waals surface area (Å²) in [5.74, 6) is 1.59. The minimum atomic E-state index is -0.122. The van der Waals surface area contributed by atoms with Gasteiger partial charge in [-0.2, -0.15) is 0 Å². The molecule has 0 saturated heterocycles. The molecule has 3 aromatic heterocycles. The zero-order valence-electron chi connectivity index (χ0n) is 17.4. The third kappa shape index (κ3) is 3.77. The van der Waals surface area contributed by atoms with Crippen LogP contribution >= 0.6 is 0 Å². The van der Waals surface area contributed by atoms with Crippen LogP contribution in [0.25, 0.3) is 22.6 Å². The highest BCUT2D eigenvalue weighted by Crippen LogP contribution is 2.28. The summed E-state index contributed by atoms with van der Waals surface area (Å²) in [6.45, 7) is 0. The van der Waals surface area contributed by atoms with E-state index in [9.17, 15) is 4.79 Å². The van der Waals surface area contributed by atoms with Gasteiger partial charge in [-0.3, -0.25) is 14.2 Å². The van der Waals surface area contributed by atoms with Crippen molar-refractivity contribution in [1.29, 1.82) is 0 Å². The molecule has 0 aliphatic heterocycles. The van der Waals surface area contributed by atoms with Crippen molar-refractivity contribution in [3.8, 4) is 5.75 Å². The monoisotopic (exact) mass is 412 g/mol. The molecule has 0 radical (unpaired) electrons. The highest BCUT2D eigenvalue weighted by molar-refractivity contribution is 5.84. The minimum absolute atomic E-state index is 0.122. The molecular weight excluding hydrogens is 388 g/mol. The number of nitrogens with one attached hydrogen (secondary N) is 1. The average molecular weight is 412 g/mol. The van der Waals surface area contributed by atoms with Gasteiger partial charge in [0.1, 0.15) is 5.82 Å². The number of aromatic nitrogens is 3. The molecule has 4 aromatic rings. The van der Waals surface area contributed by atoms with Crippen LogP contribution in [-0.2, 0) is 0 Å². The van der Waals surface area contributed by atoms with Gasteiger partial charge in [-0.05, 0) is 61.2 Å². The molecule has 0 bridgehead atoms. The lowest BCUT2D eigenvalue weighted by Gasteiger charge is -2.13. The first-order valence-electron chi connectivity index (χ1n) is 10.6. The Kier molecular flexibility index (Phi) is 5.12. The van der Waals surface area contributed by atoms with Gasteiger partial charge in [0.2, 0.25) is 0 Å². The lowest BCUT2D eigenvalue weighted by molar-refractivity contribution is 0.416. The van der Waals surface area contributed by atoms with Gasteiger partial charge in [-0.15, -0.1) is 0 Å². The summed E-state index contributed by atoms with van der Waals surface area (Å²) in [5.41, 5.74) is 2.68. The quantitative estimate of drug-likeness (QED) is 0.488. The number of allylic oxidation sites excluding steroid dienone is 1. The van der Waals surface area contributed by atoms with E-state index in [0.717, 1.165) is 16.6 Å². The highest BCUT2D eigenvalue weighted by Gasteiger charge is 2.16. The number of hydrogen-bond acceptors (Lipinski definition) is 5. The largest absolute Gasteiger partial charge is 0.493 e. The van der Waals surface area contributed by atoms with Crippen molar-refractivity contribution in [2.24, 2.45) is 5.92 Å². The van der Waals surface area contributed by atoms with Gasteiger partial charge in [0.05, 0.1) is 18.2 Å².